The van der Waals surface area contributed by atoms with Crippen molar-refractivity contribution < 1.29 is 22.7 Å². The molecule has 3 rings (SSSR count). The zero-order valence-electron chi connectivity index (χ0n) is 12.0. The van der Waals surface area contributed by atoms with Crippen LogP contribution in [0.15, 0.2) is 48.8 Å². The van der Waals surface area contributed by atoms with Gasteiger partial charge in [-0.3, -0.25) is 0 Å². The van der Waals surface area contributed by atoms with Gasteiger partial charge in [0.25, 0.3) is 0 Å². The molecule has 0 amide bonds. The smallest absolute Gasteiger partial charge is 0.416 e. The number of hydrogen-bond donors (Lipinski definition) is 0. The largest absolute Gasteiger partial charge is 0.465 e. The molecule has 0 atom stereocenters. The second-order valence-electron chi connectivity index (χ2n) is 4.87. The van der Waals surface area contributed by atoms with Gasteiger partial charge in [0.05, 0.1) is 30.0 Å². The quantitative estimate of drug-likeness (QED) is 0.675. The van der Waals surface area contributed by atoms with Crippen LogP contribution >= 0.6 is 0 Å². The molecule has 2 heterocycles. The maximum Gasteiger partial charge on any atom is 0.416 e. The first-order valence-corrected chi connectivity index (χ1v) is 6.63. The van der Waals surface area contributed by atoms with Gasteiger partial charge in [0.15, 0.2) is 0 Å². The number of methoxy groups -OCH3 is 1. The number of nitrogens with zero attached hydrogens (tertiary/aromatic N) is 2. The number of ether oxygens (including phenoxy) is 1. The second kappa shape index (κ2) is 5.42. The third kappa shape index (κ3) is 2.77. The monoisotopic (exact) mass is 320 g/mol. The molecule has 0 spiro atoms. The predicted octanol–water partition coefficient (Wildman–Crippen LogP) is 3.81. The van der Waals surface area contributed by atoms with E-state index in [9.17, 15) is 18.0 Å². The first-order valence-electron chi connectivity index (χ1n) is 6.63. The van der Waals surface area contributed by atoms with E-state index in [0.29, 0.717) is 22.2 Å². The molecule has 4 nitrogen and oxygen atoms in total. The lowest BCUT2D eigenvalue weighted by atomic mass is 10.0. The standard InChI is InChI=1S/C16H11F3N2O2/c1-23-15(22)11-6-7-21-14(8-11)13(9-20-21)10-2-4-12(5-3-10)16(17,18)19/h2-9H,1H3. The Balaban J connectivity index is 2.07. The summed E-state index contributed by atoms with van der Waals surface area (Å²) in [5.74, 6) is -0.493. The fraction of sp³-hybridized carbons (Fsp3) is 0.125. The van der Waals surface area contributed by atoms with E-state index >= 15 is 0 Å². The summed E-state index contributed by atoms with van der Waals surface area (Å²) >= 11 is 0. The molecule has 2 aromatic heterocycles. The van der Waals surface area contributed by atoms with Gasteiger partial charge in [0.2, 0.25) is 0 Å². The minimum absolute atomic E-state index is 0.341. The topological polar surface area (TPSA) is 43.6 Å². The van der Waals surface area contributed by atoms with Crippen molar-refractivity contribution >= 4 is 11.5 Å². The Labute approximate surface area is 129 Å². The Morgan fingerprint density at radius 1 is 1.17 bits per heavy atom. The van der Waals surface area contributed by atoms with Crippen LogP contribution in [0.25, 0.3) is 16.6 Å². The number of halogens is 3. The summed E-state index contributed by atoms with van der Waals surface area (Å²) in [5, 5.41) is 4.13. The molecule has 0 radical (unpaired) electrons. The molecule has 0 unspecified atom stereocenters. The van der Waals surface area contributed by atoms with Crippen LogP contribution < -0.4 is 0 Å². The van der Waals surface area contributed by atoms with Crippen LogP contribution in [0.5, 0.6) is 0 Å². The molecule has 0 aliphatic carbocycles. The Kier molecular flexibility index (Phi) is 3.55. The first-order chi connectivity index (χ1) is 10.9. The Morgan fingerprint density at radius 3 is 2.48 bits per heavy atom. The number of benzene rings is 1. The lowest BCUT2D eigenvalue weighted by Gasteiger charge is -2.07. The minimum atomic E-state index is -4.38. The van der Waals surface area contributed by atoms with Crippen LogP contribution in [-0.4, -0.2) is 22.7 Å². The van der Waals surface area contributed by atoms with Crippen molar-refractivity contribution in [1.82, 2.24) is 9.61 Å². The van der Waals surface area contributed by atoms with Gasteiger partial charge in [-0.25, -0.2) is 9.31 Å². The summed E-state index contributed by atoms with van der Waals surface area (Å²) < 4.78 is 44.1. The van der Waals surface area contributed by atoms with E-state index in [0.717, 1.165) is 12.1 Å². The van der Waals surface area contributed by atoms with E-state index in [1.807, 2.05) is 0 Å². The number of aromatic nitrogens is 2. The minimum Gasteiger partial charge on any atom is -0.465 e. The number of rotatable bonds is 2. The summed E-state index contributed by atoms with van der Waals surface area (Å²) in [6.45, 7) is 0. The van der Waals surface area contributed by atoms with Gasteiger partial charge in [-0.15, -0.1) is 0 Å². The first kappa shape index (κ1) is 15.1. The van der Waals surface area contributed by atoms with E-state index in [-0.39, 0.29) is 0 Å². The molecule has 3 aromatic rings. The van der Waals surface area contributed by atoms with Crippen LogP contribution in [-0.2, 0) is 10.9 Å². The van der Waals surface area contributed by atoms with Gasteiger partial charge >= 0.3 is 12.1 Å². The predicted molar refractivity (Wildman–Crippen MR) is 77.0 cm³/mol. The molecule has 118 valence electrons. The normalized spacial score (nSPS) is 11.7. The van der Waals surface area contributed by atoms with Gasteiger partial charge in [-0.05, 0) is 29.8 Å². The van der Waals surface area contributed by atoms with Crippen molar-refractivity contribution in [1.29, 1.82) is 0 Å². The number of pyridine rings is 1. The molecule has 1 aromatic carbocycles. The zero-order valence-corrected chi connectivity index (χ0v) is 12.0. The Morgan fingerprint density at radius 2 is 1.87 bits per heavy atom. The van der Waals surface area contributed by atoms with Gasteiger partial charge in [0.1, 0.15) is 0 Å². The summed E-state index contributed by atoms with van der Waals surface area (Å²) in [6.07, 6.45) is -1.24. The molecule has 7 heteroatoms. The summed E-state index contributed by atoms with van der Waals surface area (Å²) in [6, 6.07) is 7.94. The van der Waals surface area contributed by atoms with Gasteiger partial charge in [-0.1, -0.05) is 12.1 Å². The molecule has 0 N–H and O–H groups in total. The van der Waals surface area contributed by atoms with E-state index < -0.39 is 17.7 Å². The third-order valence-electron chi connectivity index (χ3n) is 3.47. The van der Waals surface area contributed by atoms with E-state index in [1.165, 1.54) is 19.2 Å². The fourth-order valence-corrected chi connectivity index (χ4v) is 2.29. The summed E-state index contributed by atoms with van der Waals surface area (Å²) in [7, 11) is 1.28. The maximum absolute atomic E-state index is 12.6. The SMILES string of the molecule is COC(=O)c1ccn2ncc(-c3ccc(C(F)(F)F)cc3)c2c1. The lowest BCUT2D eigenvalue weighted by molar-refractivity contribution is -0.137. The van der Waals surface area contributed by atoms with Crippen LogP contribution in [0.1, 0.15) is 15.9 Å². The molecule has 0 aliphatic rings. The molecule has 0 fully saturated rings. The van der Waals surface area contributed by atoms with Crippen molar-refractivity contribution in [3.05, 3.63) is 59.9 Å². The van der Waals surface area contributed by atoms with Crippen molar-refractivity contribution in [2.45, 2.75) is 6.18 Å². The van der Waals surface area contributed by atoms with E-state index in [4.69, 9.17) is 0 Å². The highest BCUT2D eigenvalue weighted by Crippen LogP contribution is 2.32. The average Bonchev–Trinajstić information content (AvgIpc) is 2.96. The summed E-state index contributed by atoms with van der Waals surface area (Å²) in [4.78, 5) is 11.6. The number of fused-ring (bicyclic) bond motifs is 1. The van der Waals surface area contributed by atoms with Crippen LogP contribution in [0.4, 0.5) is 13.2 Å². The zero-order chi connectivity index (χ0) is 16.6. The van der Waals surface area contributed by atoms with Crippen molar-refractivity contribution in [3.8, 4) is 11.1 Å². The van der Waals surface area contributed by atoms with Crippen LogP contribution in [0, 0.1) is 0 Å². The van der Waals surface area contributed by atoms with Crippen molar-refractivity contribution in [2.75, 3.05) is 7.11 Å². The third-order valence-corrected chi connectivity index (χ3v) is 3.47. The van der Waals surface area contributed by atoms with E-state index in [1.54, 1.807) is 29.0 Å². The van der Waals surface area contributed by atoms with Crippen molar-refractivity contribution in [3.63, 3.8) is 0 Å². The average molecular weight is 320 g/mol. The Bertz CT molecular complexity index is 867. The molecule has 0 bridgehead atoms. The van der Waals surface area contributed by atoms with Crippen LogP contribution in [0.3, 0.4) is 0 Å². The molecule has 0 aliphatic heterocycles. The van der Waals surface area contributed by atoms with Crippen LogP contribution in [0.2, 0.25) is 0 Å². The molecular formula is C16H11F3N2O2. The second-order valence-corrected chi connectivity index (χ2v) is 4.87. The Hall–Kier alpha value is -2.83. The van der Waals surface area contributed by atoms with Gasteiger partial charge < -0.3 is 4.74 Å². The van der Waals surface area contributed by atoms with Gasteiger partial charge in [-0.2, -0.15) is 18.3 Å². The lowest BCUT2D eigenvalue weighted by Crippen LogP contribution is -2.04. The highest BCUT2D eigenvalue weighted by atomic mass is 19.4. The molecule has 0 saturated heterocycles. The molecule has 0 saturated carbocycles. The molecule has 23 heavy (non-hydrogen) atoms. The maximum atomic E-state index is 12.6. The fourth-order valence-electron chi connectivity index (χ4n) is 2.29. The number of carbonyl (C=O) groups is 1. The summed E-state index contributed by atoms with van der Waals surface area (Å²) in [5.41, 5.74) is 1.44. The number of alkyl halides is 3. The highest BCUT2D eigenvalue weighted by molar-refractivity contribution is 5.92. The van der Waals surface area contributed by atoms with Gasteiger partial charge in [0, 0.05) is 11.8 Å². The van der Waals surface area contributed by atoms with E-state index in [2.05, 4.69) is 9.84 Å². The molecular weight excluding hydrogens is 309 g/mol. The number of hydrogen-bond acceptors (Lipinski definition) is 3. The number of esters is 1. The highest BCUT2D eigenvalue weighted by Gasteiger charge is 2.30. The van der Waals surface area contributed by atoms with Crippen molar-refractivity contribution in [2.24, 2.45) is 0 Å². The number of carbonyl (C=O) groups excluding carboxylic acids is 1.